The van der Waals surface area contributed by atoms with Crippen molar-refractivity contribution in [2.75, 3.05) is 6.61 Å². The number of rotatable bonds is 2. The Bertz CT molecular complexity index is 765. The number of hydrogen-bond donors (Lipinski definition) is 2. The van der Waals surface area contributed by atoms with Gasteiger partial charge in [0.15, 0.2) is 0 Å². The average Bonchev–Trinajstić information content (AvgIpc) is 2.82. The van der Waals surface area contributed by atoms with Gasteiger partial charge in [0.05, 0.1) is 17.1 Å². The Morgan fingerprint density at radius 3 is 2.70 bits per heavy atom. The zero-order valence-corrected chi connectivity index (χ0v) is 12.1. The van der Waals surface area contributed by atoms with Crippen molar-refractivity contribution in [1.82, 2.24) is 9.55 Å². The van der Waals surface area contributed by atoms with E-state index >= 15 is 0 Å². The van der Waals surface area contributed by atoms with Crippen LogP contribution in [0, 0.1) is 0 Å². The van der Waals surface area contributed by atoms with Crippen LogP contribution in [0.1, 0.15) is 29.5 Å². The van der Waals surface area contributed by atoms with Crippen LogP contribution in [0.3, 0.4) is 0 Å². The van der Waals surface area contributed by atoms with E-state index in [4.69, 9.17) is 0 Å². The first-order chi connectivity index (χ1) is 9.61. The van der Waals surface area contributed by atoms with E-state index < -0.39 is 11.2 Å². The number of H-pyrrole nitrogens is 1. The van der Waals surface area contributed by atoms with Gasteiger partial charge in [0.1, 0.15) is 0 Å². The molecule has 0 aliphatic heterocycles. The topological polar surface area (TPSA) is 75.1 Å². The van der Waals surface area contributed by atoms with Gasteiger partial charge in [-0.3, -0.25) is 14.3 Å². The minimum absolute atomic E-state index is 0.0220. The van der Waals surface area contributed by atoms with Gasteiger partial charge in [-0.25, -0.2) is 4.79 Å². The third-order valence-corrected chi connectivity index (χ3v) is 4.35. The summed E-state index contributed by atoms with van der Waals surface area (Å²) in [4.78, 5) is 25.7. The molecule has 1 aromatic heterocycles. The predicted octanol–water partition coefficient (Wildman–Crippen LogP) is 1.37. The molecule has 0 unspecified atom stereocenters. The van der Waals surface area contributed by atoms with Gasteiger partial charge in [0.2, 0.25) is 0 Å². The zero-order valence-electron chi connectivity index (χ0n) is 10.5. The quantitative estimate of drug-likeness (QED) is 0.869. The Morgan fingerprint density at radius 2 is 2.00 bits per heavy atom. The van der Waals surface area contributed by atoms with Crippen LogP contribution in [0.4, 0.5) is 0 Å². The summed E-state index contributed by atoms with van der Waals surface area (Å²) in [5.41, 5.74) is 1.22. The van der Waals surface area contributed by atoms with Gasteiger partial charge in [-0.1, -0.05) is 24.3 Å². The molecule has 0 bridgehead atoms. The third kappa shape index (κ3) is 2.05. The highest BCUT2D eigenvalue weighted by molar-refractivity contribution is 9.10. The second kappa shape index (κ2) is 5.03. The van der Waals surface area contributed by atoms with E-state index in [-0.39, 0.29) is 18.6 Å². The van der Waals surface area contributed by atoms with Crippen molar-refractivity contribution in [3.63, 3.8) is 0 Å². The average molecular weight is 337 g/mol. The van der Waals surface area contributed by atoms with Gasteiger partial charge in [0, 0.05) is 12.1 Å². The molecule has 3 rings (SSSR count). The number of halogens is 1. The predicted molar refractivity (Wildman–Crippen MR) is 78.0 cm³/mol. The van der Waals surface area contributed by atoms with Gasteiger partial charge < -0.3 is 5.11 Å². The number of aromatic amines is 1. The molecule has 1 heterocycles. The normalized spacial score (nSPS) is 20.9. The summed E-state index contributed by atoms with van der Waals surface area (Å²) in [6.45, 7) is 0.0484. The Morgan fingerprint density at radius 1 is 1.30 bits per heavy atom. The third-order valence-electron chi connectivity index (χ3n) is 3.78. The largest absolute Gasteiger partial charge is 0.396 e. The van der Waals surface area contributed by atoms with Crippen LogP contribution in [-0.2, 0) is 0 Å². The fraction of sp³-hybridized carbons (Fsp3) is 0.286. The van der Waals surface area contributed by atoms with E-state index in [2.05, 4.69) is 20.9 Å². The lowest BCUT2D eigenvalue weighted by atomic mass is 10.0. The standard InChI is InChI=1S/C14H13BrN2O3/c15-11-6-17(14(20)16-13(11)19)12-5-8(7-18)9-3-1-2-4-10(9)12/h1-4,6,8,12,18H,5,7H2,(H,16,19,20)/t8-,12-/m0/s1. The molecule has 0 fully saturated rings. The second-order valence-electron chi connectivity index (χ2n) is 4.90. The number of aromatic nitrogens is 2. The van der Waals surface area contributed by atoms with Crippen LogP contribution in [0.5, 0.6) is 0 Å². The Kier molecular flexibility index (Phi) is 3.35. The van der Waals surface area contributed by atoms with Crippen molar-refractivity contribution < 1.29 is 5.11 Å². The Labute approximate surface area is 123 Å². The smallest absolute Gasteiger partial charge is 0.328 e. The van der Waals surface area contributed by atoms with Crippen molar-refractivity contribution in [3.8, 4) is 0 Å². The molecule has 1 aliphatic rings. The maximum absolute atomic E-state index is 12.0. The molecule has 1 aliphatic carbocycles. The molecule has 0 radical (unpaired) electrons. The van der Waals surface area contributed by atoms with Gasteiger partial charge in [-0.15, -0.1) is 0 Å². The van der Waals surface area contributed by atoms with Crippen LogP contribution in [0.2, 0.25) is 0 Å². The SMILES string of the molecule is O=c1[nH]c(=O)n([C@H]2C[C@@H](CO)c3ccccc32)cc1Br. The zero-order chi connectivity index (χ0) is 14.3. The van der Waals surface area contributed by atoms with E-state index in [1.54, 1.807) is 0 Å². The van der Waals surface area contributed by atoms with E-state index in [9.17, 15) is 14.7 Å². The highest BCUT2D eigenvalue weighted by atomic mass is 79.9. The van der Waals surface area contributed by atoms with Gasteiger partial charge in [-0.2, -0.15) is 0 Å². The molecule has 2 atom stereocenters. The number of aliphatic hydroxyl groups excluding tert-OH is 1. The summed E-state index contributed by atoms with van der Waals surface area (Å²) in [7, 11) is 0. The van der Waals surface area contributed by atoms with Crippen LogP contribution in [-0.4, -0.2) is 21.3 Å². The van der Waals surface area contributed by atoms with Crippen LogP contribution in [0.25, 0.3) is 0 Å². The van der Waals surface area contributed by atoms with E-state index in [0.29, 0.717) is 10.9 Å². The van der Waals surface area contributed by atoms with E-state index in [1.165, 1.54) is 10.8 Å². The summed E-state index contributed by atoms with van der Waals surface area (Å²) < 4.78 is 1.84. The number of fused-ring (bicyclic) bond motifs is 1. The minimum Gasteiger partial charge on any atom is -0.396 e. The highest BCUT2D eigenvalue weighted by Gasteiger charge is 2.32. The first-order valence-electron chi connectivity index (χ1n) is 6.32. The lowest BCUT2D eigenvalue weighted by molar-refractivity contribution is 0.258. The van der Waals surface area contributed by atoms with Crippen molar-refractivity contribution in [1.29, 1.82) is 0 Å². The molecule has 0 saturated carbocycles. The maximum atomic E-state index is 12.0. The lowest BCUT2D eigenvalue weighted by Crippen LogP contribution is -2.32. The molecule has 5 nitrogen and oxygen atoms in total. The molecule has 104 valence electrons. The van der Waals surface area contributed by atoms with Gasteiger partial charge >= 0.3 is 5.69 Å². The van der Waals surface area contributed by atoms with E-state index in [0.717, 1.165) is 11.1 Å². The molecule has 0 saturated heterocycles. The summed E-state index contributed by atoms with van der Waals surface area (Å²) >= 11 is 3.15. The maximum Gasteiger partial charge on any atom is 0.328 e. The minimum atomic E-state index is -0.434. The molecular weight excluding hydrogens is 324 g/mol. The second-order valence-corrected chi connectivity index (χ2v) is 5.76. The van der Waals surface area contributed by atoms with Crippen LogP contribution < -0.4 is 11.2 Å². The molecule has 2 N–H and O–H groups in total. The fourth-order valence-electron chi connectivity index (χ4n) is 2.84. The molecule has 6 heteroatoms. The molecule has 20 heavy (non-hydrogen) atoms. The highest BCUT2D eigenvalue weighted by Crippen LogP contribution is 2.41. The Hall–Kier alpha value is -1.66. The fourth-order valence-corrected chi connectivity index (χ4v) is 3.16. The number of aliphatic hydroxyl groups is 1. The summed E-state index contributed by atoms with van der Waals surface area (Å²) in [5.74, 6) is 0.0220. The number of nitrogens with one attached hydrogen (secondary N) is 1. The van der Waals surface area contributed by atoms with Crippen LogP contribution in [0.15, 0.2) is 44.5 Å². The number of benzene rings is 1. The molecule has 0 amide bonds. The monoisotopic (exact) mass is 336 g/mol. The van der Waals surface area contributed by atoms with Crippen molar-refractivity contribution in [2.45, 2.75) is 18.4 Å². The van der Waals surface area contributed by atoms with Crippen LogP contribution >= 0.6 is 15.9 Å². The number of hydrogen-bond acceptors (Lipinski definition) is 3. The Balaban J connectivity index is 2.16. The summed E-state index contributed by atoms with van der Waals surface area (Å²) in [5, 5.41) is 9.49. The molecule has 2 aromatic rings. The summed E-state index contributed by atoms with van der Waals surface area (Å²) in [6, 6.07) is 7.61. The van der Waals surface area contributed by atoms with Crippen molar-refractivity contribution in [3.05, 3.63) is 66.9 Å². The number of nitrogens with zero attached hydrogens (tertiary/aromatic N) is 1. The van der Waals surface area contributed by atoms with E-state index in [1.807, 2.05) is 24.3 Å². The van der Waals surface area contributed by atoms with Crippen molar-refractivity contribution >= 4 is 15.9 Å². The van der Waals surface area contributed by atoms with Crippen molar-refractivity contribution in [2.24, 2.45) is 0 Å². The molecule has 1 aromatic carbocycles. The lowest BCUT2D eigenvalue weighted by Gasteiger charge is -2.15. The van der Waals surface area contributed by atoms with Gasteiger partial charge in [-0.05, 0) is 33.5 Å². The van der Waals surface area contributed by atoms with Gasteiger partial charge in [0.25, 0.3) is 5.56 Å². The first kappa shape index (κ1) is 13.3. The first-order valence-corrected chi connectivity index (χ1v) is 7.11. The molecular formula is C14H13BrN2O3. The molecule has 0 spiro atoms. The summed E-state index contributed by atoms with van der Waals surface area (Å²) in [6.07, 6.45) is 2.16.